The van der Waals surface area contributed by atoms with Gasteiger partial charge in [-0.3, -0.25) is 4.79 Å². The normalized spacial score (nSPS) is 16.4. The molecule has 116 valence electrons. The molecule has 1 amide bonds. The molecule has 1 aromatic rings. The summed E-state index contributed by atoms with van der Waals surface area (Å²) in [6.45, 7) is 3.90. The van der Waals surface area contributed by atoms with Gasteiger partial charge in [0, 0.05) is 18.7 Å². The first-order chi connectivity index (χ1) is 10.3. The zero-order valence-electron chi connectivity index (χ0n) is 13.2. The number of nitrogens with one attached hydrogen (secondary N) is 2. The molecule has 0 radical (unpaired) electrons. The van der Waals surface area contributed by atoms with Gasteiger partial charge in [-0.25, -0.2) is 0 Å². The van der Waals surface area contributed by atoms with E-state index in [1.54, 1.807) is 0 Å². The van der Waals surface area contributed by atoms with E-state index in [1.807, 2.05) is 12.1 Å². The first-order valence-corrected chi connectivity index (χ1v) is 8.37. The van der Waals surface area contributed by atoms with Gasteiger partial charge in [-0.05, 0) is 43.0 Å². The second-order valence-corrected chi connectivity index (χ2v) is 6.09. The van der Waals surface area contributed by atoms with Crippen molar-refractivity contribution in [3.63, 3.8) is 0 Å². The van der Waals surface area contributed by atoms with Crippen molar-refractivity contribution in [2.24, 2.45) is 5.92 Å². The highest BCUT2D eigenvalue weighted by atomic mass is 16.1. The summed E-state index contributed by atoms with van der Waals surface area (Å²) >= 11 is 0. The van der Waals surface area contributed by atoms with E-state index >= 15 is 0 Å². The fourth-order valence-electron chi connectivity index (χ4n) is 3.07. The summed E-state index contributed by atoms with van der Waals surface area (Å²) in [6, 6.07) is 8.13. The van der Waals surface area contributed by atoms with Crippen molar-refractivity contribution >= 4 is 11.6 Å². The molecular weight excluding hydrogens is 260 g/mol. The molecule has 0 unspecified atom stereocenters. The fourth-order valence-corrected chi connectivity index (χ4v) is 3.07. The molecule has 21 heavy (non-hydrogen) atoms. The van der Waals surface area contributed by atoms with Gasteiger partial charge in [-0.2, -0.15) is 0 Å². The first kappa shape index (κ1) is 16.0. The summed E-state index contributed by atoms with van der Waals surface area (Å²) in [7, 11) is 0. The maximum atomic E-state index is 12.2. The molecule has 1 saturated carbocycles. The third kappa shape index (κ3) is 5.88. The molecule has 1 aromatic carbocycles. The summed E-state index contributed by atoms with van der Waals surface area (Å²) in [5, 5.41) is 6.36. The molecule has 0 heterocycles. The Morgan fingerprint density at radius 2 is 1.95 bits per heavy atom. The van der Waals surface area contributed by atoms with Crippen LogP contribution in [0.15, 0.2) is 24.3 Å². The maximum Gasteiger partial charge on any atom is 0.224 e. The van der Waals surface area contributed by atoms with Crippen LogP contribution in [0.1, 0.15) is 57.4 Å². The Morgan fingerprint density at radius 3 is 2.67 bits per heavy atom. The third-order valence-corrected chi connectivity index (χ3v) is 4.24. The molecule has 0 aliphatic heterocycles. The van der Waals surface area contributed by atoms with Crippen LogP contribution in [-0.4, -0.2) is 12.5 Å². The minimum absolute atomic E-state index is 0.169. The molecule has 0 spiro atoms. The Morgan fingerprint density at radius 1 is 1.19 bits per heavy atom. The standard InChI is InChI=1S/C18H28N2O/c1-2-19-14-16-10-7-11-17(12-16)20-18(21)13-15-8-5-3-4-6-9-15/h7,10-12,15,19H,2-6,8-9,13-14H2,1H3,(H,20,21). The van der Waals surface area contributed by atoms with Gasteiger partial charge >= 0.3 is 0 Å². The molecule has 2 rings (SSSR count). The van der Waals surface area contributed by atoms with Gasteiger partial charge in [0.25, 0.3) is 0 Å². The Kier molecular flexibility index (Phi) is 6.74. The number of carbonyl (C=O) groups excluding carboxylic acids is 1. The Labute approximate surface area is 128 Å². The predicted molar refractivity (Wildman–Crippen MR) is 88.3 cm³/mol. The molecule has 3 nitrogen and oxygen atoms in total. The SMILES string of the molecule is CCNCc1cccc(NC(=O)CC2CCCCCC2)c1. The lowest BCUT2D eigenvalue weighted by Gasteiger charge is -2.14. The molecule has 0 bridgehead atoms. The summed E-state index contributed by atoms with van der Waals surface area (Å²) in [6.07, 6.45) is 8.36. The van der Waals surface area contributed by atoms with E-state index in [9.17, 15) is 4.79 Å². The van der Waals surface area contributed by atoms with E-state index in [0.29, 0.717) is 12.3 Å². The summed E-state index contributed by atoms with van der Waals surface area (Å²) in [4.78, 5) is 12.2. The van der Waals surface area contributed by atoms with Crippen molar-refractivity contribution in [2.45, 2.75) is 58.4 Å². The smallest absolute Gasteiger partial charge is 0.224 e. The van der Waals surface area contributed by atoms with Crippen LogP contribution in [0.4, 0.5) is 5.69 Å². The first-order valence-electron chi connectivity index (χ1n) is 8.37. The van der Waals surface area contributed by atoms with Gasteiger partial charge in [-0.1, -0.05) is 44.7 Å². The van der Waals surface area contributed by atoms with Gasteiger partial charge < -0.3 is 10.6 Å². The summed E-state index contributed by atoms with van der Waals surface area (Å²) < 4.78 is 0. The van der Waals surface area contributed by atoms with Crippen LogP contribution in [0, 0.1) is 5.92 Å². The van der Waals surface area contributed by atoms with Crippen molar-refractivity contribution in [3.05, 3.63) is 29.8 Å². The number of hydrogen-bond donors (Lipinski definition) is 2. The zero-order valence-corrected chi connectivity index (χ0v) is 13.2. The lowest BCUT2D eigenvalue weighted by atomic mass is 9.96. The van der Waals surface area contributed by atoms with Crippen molar-refractivity contribution in [1.82, 2.24) is 5.32 Å². The molecule has 1 aliphatic rings. The molecule has 0 atom stereocenters. The number of benzene rings is 1. The van der Waals surface area contributed by atoms with Crippen LogP contribution >= 0.6 is 0 Å². The molecule has 2 N–H and O–H groups in total. The van der Waals surface area contributed by atoms with Gasteiger partial charge in [0.1, 0.15) is 0 Å². The van der Waals surface area contributed by atoms with E-state index in [0.717, 1.165) is 18.8 Å². The van der Waals surface area contributed by atoms with E-state index in [-0.39, 0.29) is 5.91 Å². The van der Waals surface area contributed by atoms with E-state index in [1.165, 1.54) is 44.1 Å². The van der Waals surface area contributed by atoms with Crippen molar-refractivity contribution in [3.8, 4) is 0 Å². The predicted octanol–water partition coefficient (Wildman–Crippen LogP) is 4.10. The lowest BCUT2D eigenvalue weighted by Crippen LogP contribution is -2.17. The highest BCUT2D eigenvalue weighted by Gasteiger charge is 2.16. The fraction of sp³-hybridized carbons (Fsp3) is 0.611. The maximum absolute atomic E-state index is 12.2. The minimum Gasteiger partial charge on any atom is -0.326 e. The molecule has 1 aliphatic carbocycles. The number of rotatable bonds is 6. The largest absolute Gasteiger partial charge is 0.326 e. The van der Waals surface area contributed by atoms with Crippen LogP contribution in [0.5, 0.6) is 0 Å². The van der Waals surface area contributed by atoms with Gasteiger partial charge in [0.2, 0.25) is 5.91 Å². The quantitative estimate of drug-likeness (QED) is 0.774. The summed E-state index contributed by atoms with van der Waals surface area (Å²) in [5.74, 6) is 0.750. The Bertz CT molecular complexity index is 437. The highest BCUT2D eigenvalue weighted by molar-refractivity contribution is 5.90. The zero-order chi connectivity index (χ0) is 14.9. The molecule has 1 fully saturated rings. The second kappa shape index (κ2) is 8.83. The van der Waals surface area contributed by atoms with Crippen LogP contribution in [0.25, 0.3) is 0 Å². The number of amides is 1. The number of anilines is 1. The topological polar surface area (TPSA) is 41.1 Å². The molecular formula is C18H28N2O. The van der Waals surface area contributed by atoms with Crippen molar-refractivity contribution in [1.29, 1.82) is 0 Å². The average molecular weight is 288 g/mol. The van der Waals surface area contributed by atoms with E-state index in [4.69, 9.17) is 0 Å². The van der Waals surface area contributed by atoms with Crippen LogP contribution < -0.4 is 10.6 Å². The van der Waals surface area contributed by atoms with Crippen LogP contribution in [0.3, 0.4) is 0 Å². The van der Waals surface area contributed by atoms with Gasteiger partial charge in [0.15, 0.2) is 0 Å². The van der Waals surface area contributed by atoms with Crippen LogP contribution in [-0.2, 0) is 11.3 Å². The van der Waals surface area contributed by atoms with Crippen molar-refractivity contribution < 1.29 is 4.79 Å². The molecule has 0 aromatic heterocycles. The molecule has 3 heteroatoms. The minimum atomic E-state index is 0.169. The van der Waals surface area contributed by atoms with E-state index in [2.05, 4.69) is 29.7 Å². The number of carbonyl (C=O) groups is 1. The Hall–Kier alpha value is -1.35. The number of hydrogen-bond acceptors (Lipinski definition) is 2. The third-order valence-electron chi connectivity index (χ3n) is 4.24. The monoisotopic (exact) mass is 288 g/mol. The second-order valence-electron chi connectivity index (χ2n) is 6.09. The Balaban J connectivity index is 1.83. The lowest BCUT2D eigenvalue weighted by molar-refractivity contribution is -0.117. The van der Waals surface area contributed by atoms with Gasteiger partial charge in [0.05, 0.1) is 0 Å². The van der Waals surface area contributed by atoms with Gasteiger partial charge in [-0.15, -0.1) is 0 Å². The summed E-state index contributed by atoms with van der Waals surface area (Å²) in [5.41, 5.74) is 2.13. The average Bonchev–Trinajstić information content (AvgIpc) is 2.74. The van der Waals surface area contributed by atoms with E-state index < -0.39 is 0 Å². The van der Waals surface area contributed by atoms with Crippen LogP contribution in [0.2, 0.25) is 0 Å². The molecule has 0 saturated heterocycles. The van der Waals surface area contributed by atoms with Crippen molar-refractivity contribution in [2.75, 3.05) is 11.9 Å². The highest BCUT2D eigenvalue weighted by Crippen LogP contribution is 2.25.